The molecule has 0 aliphatic heterocycles. The van der Waals surface area contributed by atoms with E-state index in [9.17, 15) is 9.59 Å². The van der Waals surface area contributed by atoms with Gasteiger partial charge in [0.25, 0.3) is 0 Å². The molecule has 76 valence electrons. The third-order valence-electron chi connectivity index (χ3n) is 1.23. The minimum absolute atomic E-state index is 0.535. The van der Waals surface area contributed by atoms with Crippen molar-refractivity contribution in [2.45, 2.75) is 12.8 Å². The predicted octanol–water partition coefficient (Wildman–Crippen LogP) is 1.60. The second kappa shape index (κ2) is 7.79. The van der Waals surface area contributed by atoms with Crippen LogP contribution in [0.25, 0.3) is 0 Å². The van der Waals surface area contributed by atoms with Crippen molar-refractivity contribution in [3.8, 4) is 0 Å². The number of carboxylic acids is 2. The van der Waals surface area contributed by atoms with Gasteiger partial charge < -0.3 is 10.2 Å². The average Bonchev–Trinajstić information content (AvgIpc) is 2.08. The Labute approximate surface area is 81.9 Å². The second-order valence-electron chi connectivity index (χ2n) is 2.42. The van der Waals surface area contributed by atoms with E-state index in [-0.39, 0.29) is 0 Å². The van der Waals surface area contributed by atoms with Crippen molar-refractivity contribution in [2.24, 2.45) is 0 Å². The van der Waals surface area contributed by atoms with E-state index in [1.807, 2.05) is 0 Å². The molecular weight excluding hydrogens is 184 g/mol. The van der Waals surface area contributed by atoms with Crippen LogP contribution in [0.3, 0.4) is 0 Å². The smallest absolute Gasteiger partial charge is 0.327 e. The molecule has 0 atom stereocenters. The standard InChI is InChI=1S/C10H12O4/c11-9(12)7-5-3-1-2-4-6-8-10(13)14/h1-2,5-8H,3-4H2,(H,11,12)(H,13,14). The number of allylic oxidation sites excluding steroid dienone is 4. The van der Waals surface area contributed by atoms with E-state index < -0.39 is 11.9 Å². The van der Waals surface area contributed by atoms with Crippen LogP contribution in [-0.2, 0) is 9.59 Å². The molecule has 0 aromatic heterocycles. The Bertz CT molecular complexity index is 246. The van der Waals surface area contributed by atoms with E-state index in [2.05, 4.69) is 0 Å². The molecule has 0 saturated carbocycles. The van der Waals surface area contributed by atoms with Gasteiger partial charge in [-0.25, -0.2) is 9.59 Å². The quantitative estimate of drug-likeness (QED) is 0.500. The largest absolute Gasteiger partial charge is 0.478 e. The summed E-state index contributed by atoms with van der Waals surface area (Å²) in [6, 6.07) is 0. The summed E-state index contributed by atoms with van der Waals surface area (Å²) in [6.45, 7) is 0. The van der Waals surface area contributed by atoms with Gasteiger partial charge in [0.05, 0.1) is 0 Å². The molecule has 0 radical (unpaired) electrons. The summed E-state index contributed by atoms with van der Waals surface area (Å²) in [4.78, 5) is 20.0. The summed E-state index contributed by atoms with van der Waals surface area (Å²) in [7, 11) is 0. The zero-order valence-electron chi connectivity index (χ0n) is 7.59. The molecule has 0 spiro atoms. The number of carbonyl (C=O) groups is 2. The minimum Gasteiger partial charge on any atom is -0.478 e. The van der Waals surface area contributed by atoms with E-state index in [1.54, 1.807) is 12.2 Å². The molecule has 0 amide bonds. The van der Waals surface area contributed by atoms with E-state index in [1.165, 1.54) is 12.2 Å². The molecular formula is C10H12O4. The average molecular weight is 196 g/mol. The fourth-order valence-corrected chi connectivity index (χ4v) is 0.687. The zero-order valence-corrected chi connectivity index (χ0v) is 7.59. The normalized spacial score (nSPS) is 11.7. The lowest BCUT2D eigenvalue weighted by Gasteiger charge is -1.82. The first kappa shape index (κ1) is 12.2. The van der Waals surface area contributed by atoms with E-state index in [0.29, 0.717) is 12.8 Å². The first-order chi connectivity index (χ1) is 6.63. The Hall–Kier alpha value is -1.84. The first-order valence-corrected chi connectivity index (χ1v) is 4.07. The van der Waals surface area contributed by atoms with Crippen molar-refractivity contribution in [3.63, 3.8) is 0 Å². The van der Waals surface area contributed by atoms with Crippen molar-refractivity contribution in [1.82, 2.24) is 0 Å². The highest BCUT2D eigenvalue weighted by molar-refractivity contribution is 5.80. The summed E-state index contributed by atoms with van der Waals surface area (Å²) in [5.74, 6) is -1.94. The van der Waals surface area contributed by atoms with Gasteiger partial charge in [0.2, 0.25) is 0 Å². The zero-order chi connectivity index (χ0) is 10.8. The maximum Gasteiger partial charge on any atom is 0.327 e. The topological polar surface area (TPSA) is 74.6 Å². The Kier molecular flexibility index (Phi) is 6.77. The lowest BCUT2D eigenvalue weighted by atomic mass is 10.3. The molecule has 14 heavy (non-hydrogen) atoms. The molecule has 0 aromatic carbocycles. The third-order valence-corrected chi connectivity index (χ3v) is 1.23. The van der Waals surface area contributed by atoms with Crippen LogP contribution in [0.2, 0.25) is 0 Å². The Morgan fingerprint density at radius 3 is 1.43 bits per heavy atom. The minimum atomic E-state index is -0.968. The summed E-state index contributed by atoms with van der Waals surface area (Å²) in [5.41, 5.74) is 0. The molecule has 0 aliphatic carbocycles. The lowest BCUT2D eigenvalue weighted by molar-refractivity contribution is -0.132. The monoisotopic (exact) mass is 196 g/mol. The van der Waals surface area contributed by atoms with Crippen molar-refractivity contribution < 1.29 is 19.8 Å². The van der Waals surface area contributed by atoms with Crippen LogP contribution in [0.15, 0.2) is 36.5 Å². The van der Waals surface area contributed by atoms with E-state index in [4.69, 9.17) is 10.2 Å². The van der Waals surface area contributed by atoms with Crippen molar-refractivity contribution in [1.29, 1.82) is 0 Å². The maximum atomic E-state index is 10.0. The highest BCUT2D eigenvalue weighted by atomic mass is 16.4. The van der Waals surface area contributed by atoms with E-state index in [0.717, 1.165) is 12.2 Å². The fourth-order valence-electron chi connectivity index (χ4n) is 0.687. The van der Waals surface area contributed by atoms with Crippen LogP contribution in [0, 0.1) is 0 Å². The van der Waals surface area contributed by atoms with Crippen molar-refractivity contribution in [2.75, 3.05) is 0 Å². The van der Waals surface area contributed by atoms with Gasteiger partial charge in [-0.2, -0.15) is 0 Å². The van der Waals surface area contributed by atoms with Gasteiger partial charge in [0.15, 0.2) is 0 Å². The van der Waals surface area contributed by atoms with Gasteiger partial charge in [-0.15, -0.1) is 0 Å². The van der Waals surface area contributed by atoms with Crippen LogP contribution < -0.4 is 0 Å². The number of hydrogen-bond donors (Lipinski definition) is 2. The second-order valence-corrected chi connectivity index (χ2v) is 2.42. The predicted molar refractivity (Wildman–Crippen MR) is 51.9 cm³/mol. The summed E-state index contributed by atoms with van der Waals surface area (Å²) < 4.78 is 0. The third kappa shape index (κ3) is 10.2. The molecule has 0 rings (SSSR count). The van der Waals surface area contributed by atoms with Crippen LogP contribution in [0.4, 0.5) is 0 Å². The Morgan fingerprint density at radius 1 is 0.786 bits per heavy atom. The molecule has 0 unspecified atom stereocenters. The molecule has 4 heteroatoms. The number of aliphatic carboxylic acids is 2. The first-order valence-electron chi connectivity index (χ1n) is 4.07. The molecule has 0 aromatic rings. The van der Waals surface area contributed by atoms with Gasteiger partial charge in [-0.05, 0) is 12.8 Å². The molecule has 2 N–H and O–H groups in total. The van der Waals surface area contributed by atoms with Crippen molar-refractivity contribution >= 4 is 11.9 Å². The summed E-state index contributed by atoms with van der Waals surface area (Å²) in [6.07, 6.45) is 9.77. The van der Waals surface area contributed by atoms with Gasteiger partial charge in [-0.3, -0.25) is 0 Å². The van der Waals surface area contributed by atoms with Crippen LogP contribution >= 0.6 is 0 Å². The highest BCUT2D eigenvalue weighted by Crippen LogP contribution is 1.90. The van der Waals surface area contributed by atoms with Gasteiger partial charge in [0, 0.05) is 12.2 Å². The van der Waals surface area contributed by atoms with Crippen LogP contribution in [0.1, 0.15) is 12.8 Å². The Morgan fingerprint density at radius 2 is 1.14 bits per heavy atom. The molecule has 0 bridgehead atoms. The highest BCUT2D eigenvalue weighted by Gasteiger charge is 1.83. The Balaban J connectivity index is 3.55. The molecule has 0 fully saturated rings. The number of rotatable bonds is 6. The number of carboxylic acid groups (broad SMARTS) is 2. The van der Waals surface area contributed by atoms with Gasteiger partial charge in [-0.1, -0.05) is 24.3 Å². The molecule has 0 heterocycles. The van der Waals surface area contributed by atoms with Gasteiger partial charge >= 0.3 is 11.9 Å². The van der Waals surface area contributed by atoms with Gasteiger partial charge in [0.1, 0.15) is 0 Å². The molecule has 0 aliphatic rings. The fraction of sp³-hybridized carbons (Fsp3) is 0.200. The number of hydrogen-bond acceptors (Lipinski definition) is 2. The lowest BCUT2D eigenvalue weighted by Crippen LogP contribution is -1.85. The molecule has 0 saturated heterocycles. The summed E-state index contributed by atoms with van der Waals surface area (Å²) in [5, 5.41) is 16.5. The van der Waals surface area contributed by atoms with E-state index >= 15 is 0 Å². The van der Waals surface area contributed by atoms with Crippen LogP contribution in [0.5, 0.6) is 0 Å². The van der Waals surface area contributed by atoms with Crippen molar-refractivity contribution in [3.05, 3.63) is 36.5 Å². The molecule has 4 nitrogen and oxygen atoms in total. The SMILES string of the molecule is O=C(O)C=CCC=CCC=CC(=O)O. The summed E-state index contributed by atoms with van der Waals surface area (Å²) >= 11 is 0. The maximum absolute atomic E-state index is 10.0. The van der Waals surface area contributed by atoms with Crippen LogP contribution in [-0.4, -0.2) is 22.2 Å².